The second-order valence-corrected chi connectivity index (χ2v) is 5.17. The second-order valence-electron chi connectivity index (χ2n) is 4.39. The SMILES string of the molecule is CCc1ccc2[nH]c(/C=C/c3ccsc3)cc2c1. The highest BCUT2D eigenvalue weighted by molar-refractivity contribution is 7.08. The number of nitrogens with one attached hydrogen (secondary N) is 1. The van der Waals surface area contributed by atoms with Crippen LogP contribution in [0.15, 0.2) is 41.1 Å². The molecule has 1 aromatic carbocycles. The van der Waals surface area contributed by atoms with Gasteiger partial charge in [-0.3, -0.25) is 0 Å². The maximum atomic E-state index is 3.43. The fourth-order valence-corrected chi connectivity index (χ4v) is 2.70. The standard InChI is InChI=1S/C16H15NS/c1-2-12-4-6-16-14(9-12)10-15(17-16)5-3-13-7-8-18-11-13/h3-11,17H,2H2,1H3/b5-3+. The van der Waals surface area contributed by atoms with Crippen LogP contribution in [0.5, 0.6) is 0 Å². The van der Waals surface area contributed by atoms with Crippen molar-refractivity contribution in [3.8, 4) is 0 Å². The van der Waals surface area contributed by atoms with E-state index in [1.54, 1.807) is 11.3 Å². The van der Waals surface area contributed by atoms with Crippen molar-refractivity contribution in [2.24, 2.45) is 0 Å². The maximum absolute atomic E-state index is 3.43. The number of H-pyrrole nitrogens is 1. The van der Waals surface area contributed by atoms with Crippen LogP contribution in [-0.4, -0.2) is 4.98 Å². The molecule has 0 aliphatic heterocycles. The van der Waals surface area contributed by atoms with Crippen LogP contribution in [0, 0.1) is 0 Å². The topological polar surface area (TPSA) is 15.8 Å². The number of fused-ring (bicyclic) bond motifs is 1. The lowest BCUT2D eigenvalue weighted by Crippen LogP contribution is -1.77. The van der Waals surface area contributed by atoms with E-state index >= 15 is 0 Å². The summed E-state index contributed by atoms with van der Waals surface area (Å²) >= 11 is 1.72. The summed E-state index contributed by atoms with van der Waals surface area (Å²) in [6.07, 6.45) is 5.36. The summed E-state index contributed by atoms with van der Waals surface area (Å²) in [5, 5.41) is 5.53. The molecule has 2 heteroatoms. The zero-order chi connectivity index (χ0) is 12.4. The van der Waals surface area contributed by atoms with Crippen molar-refractivity contribution in [1.82, 2.24) is 4.98 Å². The van der Waals surface area contributed by atoms with Gasteiger partial charge in [0.05, 0.1) is 0 Å². The van der Waals surface area contributed by atoms with E-state index in [-0.39, 0.29) is 0 Å². The molecule has 0 spiro atoms. The van der Waals surface area contributed by atoms with Gasteiger partial charge < -0.3 is 4.98 Å². The molecule has 0 radical (unpaired) electrons. The number of hydrogen-bond donors (Lipinski definition) is 1. The van der Waals surface area contributed by atoms with Crippen LogP contribution in [0.2, 0.25) is 0 Å². The van der Waals surface area contributed by atoms with Crippen LogP contribution in [0.1, 0.15) is 23.7 Å². The summed E-state index contributed by atoms with van der Waals surface area (Å²) in [4.78, 5) is 3.43. The van der Waals surface area contributed by atoms with E-state index in [4.69, 9.17) is 0 Å². The van der Waals surface area contributed by atoms with Gasteiger partial charge in [-0.25, -0.2) is 0 Å². The normalized spacial score (nSPS) is 11.6. The summed E-state index contributed by atoms with van der Waals surface area (Å²) in [6.45, 7) is 2.19. The summed E-state index contributed by atoms with van der Waals surface area (Å²) in [6, 6.07) is 10.9. The van der Waals surface area contributed by atoms with E-state index in [1.165, 1.54) is 22.0 Å². The molecule has 0 bridgehead atoms. The average Bonchev–Trinajstić information content (AvgIpc) is 3.04. The van der Waals surface area contributed by atoms with Gasteiger partial charge in [0.25, 0.3) is 0 Å². The highest BCUT2D eigenvalue weighted by Crippen LogP contribution is 2.19. The number of aromatic amines is 1. The minimum absolute atomic E-state index is 1.08. The number of thiophene rings is 1. The van der Waals surface area contributed by atoms with Gasteiger partial charge in [-0.1, -0.05) is 19.1 Å². The van der Waals surface area contributed by atoms with Crippen LogP contribution < -0.4 is 0 Å². The number of aryl methyl sites for hydroxylation is 1. The molecule has 3 rings (SSSR count). The molecule has 0 amide bonds. The number of rotatable bonds is 3. The van der Waals surface area contributed by atoms with E-state index in [0.717, 1.165) is 12.1 Å². The largest absolute Gasteiger partial charge is 0.355 e. The molecule has 0 saturated carbocycles. The highest BCUT2D eigenvalue weighted by atomic mass is 32.1. The van der Waals surface area contributed by atoms with Gasteiger partial charge in [0.1, 0.15) is 0 Å². The lowest BCUT2D eigenvalue weighted by atomic mass is 10.1. The molecule has 0 fully saturated rings. The first-order valence-electron chi connectivity index (χ1n) is 6.17. The van der Waals surface area contributed by atoms with Crippen LogP contribution in [-0.2, 0) is 6.42 Å². The lowest BCUT2D eigenvalue weighted by molar-refractivity contribution is 1.15. The van der Waals surface area contributed by atoms with Crippen LogP contribution in [0.3, 0.4) is 0 Å². The zero-order valence-corrected chi connectivity index (χ0v) is 11.1. The fourth-order valence-electron chi connectivity index (χ4n) is 2.07. The fraction of sp³-hybridized carbons (Fsp3) is 0.125. The third kappa shape index (κ3) is 2.24. The Morgan fingerprint density at radius 3 is 2.89 bits per heavy atom. The van der Waals surface area contributed by atoms with Crippen molar-refractivity contribution in [1.29, 1.82) is 0 Å². The highest BCUT2D eigenvalue weighted by Gasteiger charge is 1.99. The lowest BCUT2D eigenvalue weighted by Gasteiger charge is -1.94. The van der Waals surface area contributed by atoms with Crippen molar-refractivity contribution < 1.29 is 0 Å². The predicted octanol–water partition coefficient (Wildman–Crippen LogP) is 4.96. The smallest absolute Gasteiger partial charge is 0.0458 e. The van der Waals surface area contributed by atoms with Gasteiger partial charge in [-0.05, 0) is 58.6 Å². The summed E-state index contributed by atoms with van der Waals surface area (Å²) in [5.41, 5.74) is 5.00. The van der Waals surface area contributed by atoms with Crippen molar-refractivity contribution in [2.75, 3.05) is 0 Å². The molecule has 0 aliphatic rings. The molecule has 3 aromatic rings. The van der Waals surface area contributed by atoms with Gasteiger partial charge >= 0.3 is 0 Å². The van der Waals surface area contributed by atoms with Crippen LogP contribution >= 0.6 is 11.3 Å². The Bertz CT molecular complexity index is 674. The molecule has 0 aliphatic carbocycles. The number of hydrogen-bond acceptors (Lipinski definition) is 1. The average molecular weight is 253 g/mol. The molecular formula is C16H15NS. The van der Waals surface area contributed by atoms with Crippen molar-refractivity contribution >= 4 is 34.4 Å². The van der Waals surface area contributed by atoms with E-state index in [1.807, 2.05) is 0 Å². The maximum Gasteiger partial charge on any atom is 0.0458 e. The third-order valence-corrected chi connectivity index (χ3v) is 3.81. The molecule has 0 atom stereocenters. The van der Waals surface area contributed by atoms with Gasteiger partial charge in [0, 0.05) is 16.6 Å². The molecule has 2 aromatic heterocycles. The Balaban J connectivity index is 1.93. The molecule has 18 heavy (non-hydrogen) atoms. The van der Waals surface area contributed by atoms with Crippen LogP contribution in [0.4, 0.5) is 0 Å². The van der Waals surface area contributed by atoms with E-state index in [2.05, 4.69) is 65.2 Å². The Labute approximate surface area is 111 Å². The Morgan fingerprint density at radius 2 is 2.11 bits per heavy atom. The first-order valence-corrected chi connectivity index (χ1v) is 7.11. The van der Waals surface area contributed by atoms with E-state index in [9.17, 15) is 0 Å². The molecule has 90 valence electrons. The molecular weight excluding hydrogens is 238 g/mol. The molecule has 1 nitrogen and oxygen atoms in total. The second kappa shape index (κ2) is 4.83. The Hall–Kier alpha value is -1.80. The van der Waals surface area contributed by atoms with Gasteiger partial charge in [0.15, 0.2) is 0 Å². The van der Waals surface area contributed by atoms with Crippen molar-refractivity contribution in [2.45, 2.75) is 13.3 Å². The third-order valence-electron chi connectivity index (χ3n) is 3.11. The monoisotopic (exact) mass is 253 g/mol. The molecule has 0 unspecified atom stereocenters. The predicted molar refractivity (Wildman–Crippen MR) is 80.9 cm³/mol. The van der Waals surface area contributed by atoms with Crippen molar-refractivity contribution in [3.05, 3.63) is 57.9 Å². The minimum Gasteiger partial charge on any atom is -0.355 e. The number of benzene rings is 1. The van der Waals surface area contributed by atoms with Gasteiger partial charge in [-0.2, -0.15) is 11.3 Å². The quantitative estimate of drug-likeness (QED) is 0.679. The van der Waals surface area contributed by atoms with E-state index in [0.29, 0.717) is 0 Å². The Morgan fingerprint density at radius 1 is 1.17 bits per heavy atom. The summed E-state index contributed by atoms with van der Waals surface area (Å²) < 4.78 is 0. The molecule has 0 saturated heterocycles. The molecule has 1 N–H and O–H groups in total. The van der Waals surface area contributed by atoms with Gasteiger partial charge in [0.2, 0.25) is 0 Å². The first kappa shape index (κ1) is 11.3. The van der Waals surface area contributed by atoms with Gasteiger partial charge in [-0.15, -0.1) is 0 Å². The summed E-state index contributed by atoms with van der Waals surface area (Å²) in [5.74, 6) is 0. The first-order chi connectivity index (χ1) is 8.85. The Kier molecular flexibility index (Phi) is 3.03. The number of aromatic nitrogens is 1. The summed E-state index contributed by atoms with van der Waals surface area (Å²) in [7, 11) is 0. The minimum atomic E-state index is 1.08. The van der Waals surface area contributed by atoms with Crippen LogP contribution in [0.25, 0.3) is 23.1 Å². The van der Waals surface area contributed by atoms with Crippen molar-refractivity contribution in [3.63, 3.8) is 0 Å². The molecule has 2 heterocycles. The van der Waals surface area contributed by atoms with E-state index < -0.39 is 0 Å². The zero-order valence-electron chi connectivity index (χ0n) is 10.3.